The molecular weight excluding hydrogens is 288 g/mol. The minimum Gasteiger partial charge on any atom is -0.326 e. The molecule has 0 aromatic heterocycles. The van der Waals surface area contributed by atoms with E-state index in [-0.39, 0.29) is 17.7 Å². The van der Waals surface area contributed by atoms with Gasteiger partial charge in [0, 0.05) is 30.3 Å². The molecule has 2 amide bonds. The summed E-state index contributed by atoms with van der Waals surface area (Å²) in [5, 5.41) is 3.08. The lowest BCUT2D eigenvalue weighted by atomic mass is 9.88. The highest BCUT2D eigenvalue weighted by molar-refractivity contribution is 5.96. The van der Waals surface area contributed by atoms with E-state index in [1.807, 2.05) is 30.0 Å². The molecule has 1 fully saturated rings. The first kappa shape index (κ1) is 16.0. The molecule has 1 aromatic carbocycles. The Morgan fingerprint density at radius 3 is 2.70 bits per heavy atom. The number of carbonyl (C=O) groups excluding carboxylic acids is 2. The molecular formula is C19H26N2O2. The molecule has 4 heteroatoms. The van der Waals surface area contributed by atoms with Crippen LogP contribution < -0.4 is 10.2 Å². The third kappa shape index (κ3) is 3.57. The second-order valence-corrected chi connectivity index (χ2v) is 6.67. The summed E-state index contributed by atoms with van der Waals surface area (Å²) in [6, 6.07) is 5.96. The Morgan fingerprint density at radius 2 is 1.96 bits per heavy atom. The maximum absolute atomic E-state index is 12.4. The normalized spacial score (nSPS) is 18.4. The van der Waals surface area contributed by atoms with Gasteiger partial charge in [-0.1, -0.05) is 26.2 Å². The molecule has 3 rings (SSSR count). The average molecular weight is 314 g/mol. The lowest BCUT2D eigenvalue weighted by Crippen LogP contribution is -2.35. The van der Waals surface area contributed by atoms with Crippen molar-refractivity contribution in [2.75, 3.05) is 16.8 Å². The van der Waals surface area contributed by atoms with Gasteiger partial charge in [0.25, 0.3) is 0 Å². The molecule has 1 aliphatic carbocycles. The van der Waals surface area contributed by atoms with Gasteiger partial charge in [-0.3, -0.25) is 9.59 Å². The molecule has 0 spiro atoms. The van der Waals surface area contributed by atoms with Gasteiger partial charge in [0.2, 0.25) is 11.8 Å². The standard InChI is InChI=1S/C19H26N2O2/c1-2-18(22)21-12-6-9-15-13-16(10-11-17(15)21)20-19(23)14-7-4-3-5-8-14/h10-11,13-14H,2-9,12H2,1H3,(H,20,23). The fraction of sp³-hybridized carbons (Fsp3) is 0.579. The van der Waals surface area contributed by atoms with Gasteiger partial charge in [-0.15, -0.1) is 0 Å². The first-order valence-electron chi connectivity index (χ1n) is 8.93. The summed E-state index contributed by atoms with van der Waals surface area (Å²) in [7, 11) is 0. The van der Waals surface area contributed by atoms with Gasteiger partial charge in [0.15, 0.2) is 0 Å². The maximum atomic E-state index is 12.4. The highest BCUT2D eigenvalue weighted by Crippen LogP contribution is 2.31. The van der Waals surface area contributed by atoms with Crippen molar-refractivity contribution in [1.29, 1.82) is 0 Å². The Kier molecular flexibility index (Phi) is 4.99. The van der Waals surface area contributed by atoms with Gasteiger partial charge in [-0.05, 0) is 49.4 Å². The van der Waals surface area contributed by atoms with Gasteiger partial charge >= 0.3 is 0 Å². The third-order valence-electron chi connectivity index (χ3n) is 5.05. The topological polar surface area (TPSA) is 49.4 Å². The van der Waals surface area contributed by atoms with E-state index in [9.17, 15) is 9.59 Å². The second-order valence-electron chi connectivity index (χ2n) is 6.67. The highest BCUT2D eigenvalue weighted by Gasteiger charge is 2.23. The van der Waals surface area contributed by atoms with Gasteiger partial charge < -0.3 is 10.2 Å². The summed E-state index contributed by atoms with van der Waals surface area (Å²) in [4.78, 5) is 26.3. The molecule has 1 aromatic rings. The van der Waals surface area contributed by atoms with Crippen LogP contribution in [-0.4, -0.2) is 18.4 Å². The number of anilines is 2. The van der Waals surface area contributed by atoms with Crippen molar-refractivity contribution in [3.05, 3.63) is 23.8 Å². The van der Waals surface area contributed by atoms with Crippen molar-refractivity contribution in [3.8, 4) is 0 Å². The largest absolute Gasteiger partial charge is 0.326 e. The third-order valence-corrected chi connectivity index (χ3v) is 5.05. The van der Waals surface area contributed by atoms with Gasteiger partial charge in [-0.25, -0.2) is 0 Å². The van der Waals surface area contributed by atoms with Gasteiger partial charge in [0.1, 0.15) is 0 Å². The number of amides is 2. The van der Waals surface area contributed by atoms with Crippen molar-refractivity contribution in [2.45, 2.75) is 58.3 Å². The van der Waals surface area contributed by atoms with Crippen molar-refractivity contribution in [2.24, 2.45) is 5.92 Å². The van der Waals surface area contributed by atoms with E-state index in [1.54, 1.807) is 0 Å². The minimum absolute atomic E-state index is 0.155. The van der Waals surface area contributed by atoms with E-state index in [0.717, 1.165) is 56.4 Å². The predicted octanol–water partition coefficient (Wildman–Crippen LogP) is 3.89. The Bertz CT molecular complexity index is 591. The van der Waals surface area contributed by atoms with Crippen LogP contribution in [0, 0.1) is 5.92 Å². The molecule has 4 nitrogen and oxygen atoms in total. The number of aryl methyl sites for hydroxylation is 1. The summed E-state index contributed by atoms with van der Waals surface area (Å²) in [5.41, 5.74) is 3.04. The monoisotopic (exact) mass is 314 g/mol. The van der Waals surface area contributed by atoms with Crippen LogP contribution in [0.5, 0.6) is 0 Å². The van der Waals surface area contributed by atoms with E-state index in [1.165, 1.54) is 12.0 Å². The zero-order valence-corrected chi connectivity index (χ0v) is 13.9. The summed E-state index contributed by atoms with van der Waals surface area (Å²) in [6.07, 6.45) is 8.08. The van der Waals surface area contributed by atoms with E-state index >= 15 is 0 Å². The maximum Gasteiger partial charge on any atom is 0.227 e. The second kappa shape index (κ2) is 7.16. The number of hydrogen-bond acceptors (Lipinski definition) is 2. The van der Waals surface area contributed by atoms with E-state index in [2.05, 4.69) is 5.32 Å². The van der Waals surface area contributed by atoms with Crippen LogP contribution in [0.3, 0.4) is 0 Å². The lowest BCUT2D eigenvalue weighted by molar-refractivity contribution is -0.121. The Balaban J connectivity index is 1.73. The van der Waals surface area contributed by atoms with Gasteiger partial charge in [0.05, 0.1) is 0 Å². The molecule has 0 unspecified atom stereocenters. The molecule has 0 bridgehead atoms. The highest BCUT2D eigenvalue weighted by atomic mass is 16.2. The van der Waals surface area contributed by atoms with Crippen LogP contribution in [0.25, 0.3) is 0 Å². The Labute approximate surface area is 138 Å². The van der Waals surface area contributed by atoms with Gasteiger partial charge in [-0.2, -0.15) is 0 Å². The number of benzene rings is 1. The fourth-order valence-electron chi connectivity index (χ4n) is 3.73. The number of nitrogens with one attached hydrogen (secondary N) is 1. The summed E-state index contributed by atoms with van der Waals surface area (Å²) in [6.45, 7) is 2.70. The number of nitrogens with zero attached hydrogens (tertiary/aromatic N) is 1. The number of carbonyl (C=O) groups is 2. The molecule has 124 valence electrons. The van der Waals surface area contributed by atoms with Crippen molar-refractivity contribution in [3.63, 3.8) is 0 Å². The SMILES string of the molecule is CCC(=O)N1CCCc2cc(NC(=O)C3CCCCC3)ccc21. The first-order valence-corrected chi connectivity index (χ1v) is 8.93. The predicted molar refractivity (Wildman–Crippen MR) is 92.6 cm³/mol. The van der Waals surface area contributed by atoms with Crippen molar-refractivity contribution in [1.82, 2.24) is 0 Å². The molecule has 2 aliphatic rings. The summed E-state index contributed by atoms with van der Waals surface area (Å²) < 4.78 is 0. The van der Waals surface area contributed by atoms with Crippen LogP contribution >= 0.6 is 0 Å². The molecule has 0 radical (unpaired) electrons. The zero-order valence-electron chi connectivity index (χ0n) is 13.9. The quantitative estimate of drug-likeness (QED) is 0.920. The molecule has 0 atom stereocenters. The van der Waals surface area contributed by atoms with Crippen LogP contribution in [0.2, 0.25) is 0 Å². The molecule has 23 heavy (non-hydrogen) atoms. The summed E-state index contributed by atoms with van der Waals surface area (Å²) in [5.74, 6) is 0.491. The molecule has 1 saturated carbocycles. The van der Waals surface area contributed by atoms with Crippen molar-refractivity contribution < 1.29 is 9.59 Å². The molecule has 1 heterocycles. The first-order chi connectivity index (χ1) is 11.2. The van der Waals surface area contributed by atoms with E-state index in [4.69, 9.17) is 0 Å². The summed E-state index contributed by atoms with van der Waals surface area (Å²) >= 11 is 0. The number of fused-ring (bicyclic) bond motifs is 1. The lowest BCUT2D eigenvalue weighted by Gasteiger charge is -2.30. The van der Waals surface area contributed by atoms with Crippen LogP contribution in [0.1, 0.15) is 57.4 Å². The molecule has 0 saturated heterocycles. The van der Waals surface area contributed by atoms with Crippen LogP contribution in [0.15, 0.2) is 18.2 Å². The smallest absolute Gasteiger partial charge is 0.227 e. The van der Waals surface area contributed by atoms with E-state index < -0.39 is 0 Å². The molecule has 1 N–H and O–H groups in total. The fourth-order valence-corrected chi connectivity index (χ4v) is 3.73. The van der Waals surface area contributed by atoms with Crippen LogP contribution in [-0.2, 0) is 16.0 Å². The Hall–Kier alpha value is -1.84. The molecule has 1 aliphatic heterocycles. The number of hydrogen-bond donors (Lipinski definition) is 1. The zero-order chi connectivity index (χ0) is 16.2. The van der Waals surface area contributed by atoms with Crippen molar-refractivity contribution >= 4 is 23.2 Å². The van der Waals surface area contributed by atoms with Crippen LogP contribution in [0.4, 0.5) is 11.4 Å². The Morgan fingerprint density at radius 1 is 1.17 bits per heavy atom. The van der Waals surface area contributed by atoms with E-state index in [0.29, 0.717) is 6.42 Å². The average Bonchev–Trinajstić information content (AvgIpc) is 2.61. The minimum atomic E-state index is 0.155. The number of rotatable bonds is 3.